The lowest BCUT2D eigenvalue weighted by Crippen LogP contribution is -2.20. The first-order valence-corrected chi connectivity index (χ1v) is 10.3. The van der Waals surface area contributed by atoms with Gasteiger partial charge >= 0.3 is 0 Å². The number of benzene rings is 3. The van der Waals surface area contributed by atoms with E-state index in [0.29, 0.717) is 29.7 Å². The van der Waals surface area contributed by atoms with Crippen LogP contribution in [0.1, 0.15) is 22.8 Å². The Hall–Kier alpha value is -2.30. The molecule has 5 heteroatoms. The van der Waals surface area contributed by atoms with Crippen molar-refractivity contribution < 1.29 is 5.11 Å². The van der Waals surface area contributed by atoms with E-state index in [1.54, 1.807) is 0 Å². The smallest absolute Gasteiger partial charge is 0.0914 e. The van der Waals surface area contributed by atoms with Gasteiger partial charge in [0.25, 0.3) is 0 Å². The molecule has 0 amide bonds. The molecule has 29 heavy (non-hydrogen) atoms. The first-order chi connectivity index (χ1) is 14.1. The Morgan fingerprint density at radius 1 is 0.862 bits per heavy atom. The number of rotatable bonds is 7. The lowest BCUT2D eigenvalue weighted by molar-refractivity contribution is 0.174. The Bertz CT molecular complexity index is 1090. The molecule has 0 saturated carbocycles. The zero-order valence-corrected chi connectivity index (χ0v) is 17.4. The predicted octanol–water partition coefficient (Wildman–Crippen LogP) is 5.82. The minimum Gasteiger partial charge on any atom is -0.387 e. The first-order valence-electron chi connectivity index (χ1n) is 9.57. The van der Waals surface area contributed by atoms with Crippen molar-refractivity contribution in [3.05, 3.63) is 106 Å². The summed E-state index contributed by atoms with van der Waals surface area (Å²) in [4.78, 5) is 0. The van der Waals surface area contributed by atoms with Crippen molar-refractivity contribution in [3.8, 4) is 0 Å². The summed E-state index contributed by atoms with van der Waals surface area (Å²) < 4.78 is 2.17. The molecule has 3 nitrogen and oxygen atoms in total. The van der Waals surface area contributed by atoms with E-state index in [4.69, 9.17) is 23.2 Å². The van der Waals surface area contributed by atoms with Crippen LogP contribution in [0.4, 0.5) is 0 Å². The quantitative estimate of drug-likeness (QED) is 0.392. The maximum absolute atomic E-state index is 10.4. The van der Waals surface area contributed by atoms with Crippen LogP contribution in [0.5, 0.6) is 0 Å². The monoisotopic (exact) mass is 424 g/mol. The molecule has 4 rings (SSSR count). The minimum atomic E-state index is -0.536. The molecule has 0 unspecified atom stereocenters. The van der Waals surface area contributed by atoms with Gasteiger partial charge in [-0.2, -0.15) is 0 Å². The number of hydrogen-bond donors (Lipinski definition) is 2. The van der Waals surface area contributed by atoms with Crippen LogP contribution in [-0.4, -0.2) is 16.2 Å². The van der Waals surface area contributed by atoms with E-state index < -0.39 is 6.10 Å². The van der Waals surface area contributed by atoms with Crippen LogP contribution in [-0.2, 0) is 13.1 Å². The molecule has 3 aromatic carbocycles. The van der Waals surface area contributed by atoms with Gasteiger partial charge in [-0.25, -0.2) is 0 Å². The normalized spacial score (nSPS) is 12.4. The summed E-state index contributed by atoms with van der Waals surface area (Å²) in [6.07, 6.45) is 1.60. The van der Waals surface area contributed by atoms with E-state index in [2.05, 4.69) is 28.2 Å². The Morgan fingerprint density at radius 2 is 1.55 bits per heavy atom. The SMILES string of the molecule is O[C@H](CNCc1cn(Cc2c(Cl)cccc2Cl)c2ccccc12)c1ccccc1. The van der Waals surface area contributed by atoms with E-state index >= 15 is 0 Å². The average Bonchev–Trinajstić information content (AvgIpc) is 3.09. The highest BCUT2D eigenvalue weighted by Gasteiger charge is 2.12. The lowest BCUT2D eigenvalue weighted by atomic mass is 10.1. The zero-order valence-electron chi connectivity index (χ0n) is 15.9. The standard InChI is InChI=1S/C24H22Cl2N2O/c25-21-10-6-11-22(26)20(21)16-28-15-18(19-9-4-5-12-23(19)28)13-27-14-24(29)17-7-2-1-3-8-17/h1-12,15,24,27,29H,13-14,16H2/t24-/m1/s1. The molecule has 0 aliphatic carbocycles. The van der Waals surface area contributed by atoms with Crippen LogP contribution < -0.4 is 5.32 Å². The van der Waals surface area contributed by atoms with Crippen LogP contribution >= 0.6 is 23.2 Å². The fourth-order valence-corrected chi connectivity index (χ4v) is 4.10. The van der Waals surface area contributed by atoms with Gasteiger partial charge in [0.15, 0.2) is 0 Å². The van der Waals surface area contributed by atoms with Crippen molar-refractivity contribution in [2.24, 2.45) is 0 Å². The number of aliphatic hydroxyl groups excluding tert-OH is 1. The summed E-state index contributed by atoms with van der Waals surface area (Å²) in [5.74, 6) is 0. The van der Waals surface area contributed by atoms with Gasteiger partial charge in [-0.1, -0.05) is 77.8 Å². The third kappa shape index (κ3) is 4.49. The van der Waals surface area contributed by atoms with E-state index in [-0.39, 0.29) is 0 Å². The van der Waals surface area contributed by atoms with Gasteiger partial charge in [0.2, 0.25) is 0 Å². The second-order valence-corrected chi connectivity index (χ2v) is 7.87. The van der Waals surface area contributed by atoms with Crippen molar-refractivity contribution in [3.63, 3.8) is 0 Å². The van der Waals surface area contributed by atoms with Gasteiger partial charge in [0.05, 0.1) is 12.6 Å². The Kier molecular flexibility index (Phi) is 6.22. The van der Waals surface area contributed by atoms with E-state index in [9.17, 15) is 5.11 Å². The molecule has 0 aliphatic heterocycles. The summed E-state index contributed by atoms with van der Waals surface area (Å²) in [5, 5.41) is 16.3. The molecule has 1 aromatic heterocycles. The van der Waals surface area contributed by atoms with Crippen LogP contribution in [0.3, 0.4) is 0 Å². The molecule has 0 fully saturated rings. The number of aromatic nitrogens is 1. The van der Waals surface area contributed by atoms with Crippen molar-refractivity contribution in [2.45, 2.75) is 19.2 Å². The summed E-state index contributed by atoms with van der Waals surface area (Å²) in [5.41, 5.74) is 4.12. The minimum absolute atomic E-state index is 0.486. The fourth-order valence-electron chi connectivity index (χ4n) is 3.58. The second kappa shape index (κ2) is 9.02. The number of hydrogen-bond acceptors (Lipinski definition) is 2. The molecular formula is C24H22Cl2N2O. The Morgan fingerprint density at radius 3 is 2.31 bits per heavy atom. The van der Waals surface area contributed by atoms with Crippen LogP contribution in [0.15, 0.2) is 79.0 Å². The highest BCUT2D eigenvalue weighted by molar-refractivity contribution is 6.36. The maximum atomic E-state index is 10.4. The average molecular weight is 425 g/mol. The van der Waals surface area contributed by atoms with Crippen LogP contribution in [0.2, 0.25) is 10.0 Å². The number of nitrogens with zero attached hydrogens (tertiary/aromatic N) is 1. The van der Waals surface area contributed by atoms with Crippen molar-refractivity contribution in [2.75, 3.05) is 6.54 Å². The molecule has 0 radical (unpaired) electrons. The van der Waals surface area contributed by atoms with Gasteiger partial charge in [-0.3, -0.25) is 0 Å². The Balaban J connectivity index is 1.53. The molecule has 4 aromatic rings. The number of aliphatic hydroxyl groups is 1. The first kappa shape index (κ1) is 20.0. The summed E-state index contributed by atoms with van der Waals surface area (Å²) in [7, 11) is 0. The number of para-hydroxylation sites is 1. The van der Waals surface area contributed by atoms with Gasteiger partial charge in [0, 0.05) is 45.8 Å². The molecule has 1 heterocycles. The van der Waals surface area contributed by atoms with Crippen LogP contribution in [0.25, 0.3) is 10.9 Å². The van der Waals surface area contributed by atoms with Crippen molar-refractivity contribution in [1.82, 2.24) is 9.88 Å². The highest BCUT2D eigenvalue weighted by Crippen LogP contribution is 2.28. The topological polar surface area (TPSA) is 37.2 Å². The molecule has 0 saturated heterocycles. The molecular weight excluding hydrogens is 403 g/mol. The molecule has 2 N–H and O–H groups in total. The van der Waals surface area contributed by atoms with Crippen molar-refractivity contribution in [1.29, 1.82) is 0 Å². The summed E-state index contributed by atoms with van der Waals surface area (Å²) >= 11 is 12.8. The lowest BCUT2D eigenvalue weighted by Gasteiger charge is -2.12. The third-order valence-electron chi connectivity index (χ3n) is 5.10. The molecule has 0 aliphatic rings. The van der Waals surface area contributed by atoms with Crippen LogP contribution in [0, 0.1) is 0 Å². The molecule has 0 spiro atoms. The van der Waals surface area contributed by atoms with E-state index in [0.717, 1.165) is 16.6 Å². The van der Waals surface area contributed by atoms with E-state index in [1.165, 1.54) is 10.9 Å². The number of nitrogens with one attached hydrogen (secondary N) is 1. The zero-order chi connectivity index (χ0) is 20.2. The summed E-state index contributed by atoms with van der Waals surface area (Å²) in [6, 6.07) is 23.6. The molecule has 0 bridgehead atoms. The highest BCUT2D eigenvalue weighted by atomic mass is 35.5. The molecule has 148 valence electrons. The third-order valence-corrected chi connectivity index (χ3v) is 5.81. The van der Waals surface area contributed by atoms with Gasteiger partial charge in [-0.05, 0) is 29.3 Å². The fraction of sp³-hybridized carbons (Fsp3) is 0.167. The predicted molar refractivity (Wildman–Crippen MR) is 121 cm³/mol. The van der Waals surface area contributed by atoms with Gasteiger partial charge in [0.1, 0.15) is 0 Å². The van der Waals surface area contributed by atoms with Crippen molar-refractivity contribution >= 4 is 34.1 Å². The van der Waals surface area contributed by atoms with E-state index in [1.807, 2.05) is 60.7 Å². The summed E-state index contributed by atoms with van der Waals surface area (Å²) in [6.45, 7) is 1.75. The van der Waals surface area contributed by atoms with Gasteiger partial charge < -0.3 is 15.0 Å². The number of halogens is 2. The maximum Gasteiger partial charge on any atom is 0.0914 e. The Labute approximate surface area is 180 Å². The second-order valence-electron chi connectivity index (χ2n) is 7.06. The number of fused-ring (bicyclic) bond motifs is 1. The molecule has 1 atom stereocenters. The van der Waals surface area contributed by atoms with Gasteiger partial charge in [-0.15, -0.1) is 0 Å². The largest absolute Gasteiger partial charge is 0.387 e.